The number of ether oxygens (including phenoxy) is 1. The number of benzene rings is 1. The topological polar surface area (TPSA) is 41.5 Å². The Hall–Kier alpha value is -1.22. The van der Waals surface area contributed by atoms with Crippen molar-refractivity contribution < 1.29 is 9.84 Å². The zero-order valence-corrected chi connectivity index (χ0v) is 9.36. The molecule has 0 fully saturated rings. The molecule has 0 heterocycles. The molecule has 0 aromatic heterocycles. The molecular weight excluding hydrogens is 190 g/mol. The molecule has 1 rings (SSSR count). The maximum Gasteiger partial charge on any atom is 0.119 e. The number of anilines is 1. The fourth-order valence-electron chi connectivity index (χ4n) is 1.20. The molecule has 0 spiro atoms. The van der Waals surface area contributed by atoms with Gasteiger partial charge in [0.05, 0.1) is 6.61 Å². The molecule has 0 bridgehead atoms. The zero-order chi connectivity index (χ0) is 11.1. The Labute approximate surface area is 91.1 Å². The van der Waals surface area contributed by atoms with Gasteiger partial charge in [-0.3, -0.25) is 0 Å². The fourth-order valence-corrected chi connectivity index (χ4v) is 1.20. The lowest BCUT2D eigenvalue weighted by Gasteiger charge is -2.13. The number of rotatable bonds is 6. The van der Waals surface area contributed by atoms with E-state index in [1.165, 1.54) is 0 Å². The van der Waals surface area contributed by atoms with E-state index >= 15 is 0 Å². The van der Waals surface area contributed by atoms with Gasteiger partial charge < -0.3 is 15.2 Å². The van der Waals surface area contributed by atoms with Gasteiger partial charge in [-0.1, -0.05) is 6.92 Å². The molecule has 1 unspecified atom stereocenters. The van der Waals surface area contributed by atoms with Crippen LogP contribution in [0.5, 0.6) is 5.75 Å². The third-order valence-electron chi connectivity index (χ3n) is 2.24. The number of hydrogen-bond acceptors (Lipinski definition) is 3. The Balaban J connectivity index is 2.48. The maximum atomic E-state index is 8.60. The van der Waals surface area contributed by atoms with Gasteiger partial charge in [0.15, 0.2) is 0 Å². The predicted octanol–water partition coefficient (Wildman–Crippen LogP) is 2.27. The molecule has 2 N–H and O–H groups in total. The Bertz CT molecular complexity index is 271. The summed E-state index contributed by atoms with van der Waals surface area (Å²) in [6, 6.07) is 8.26. The van der Waals surface area contributed by atoms with Crippen LogP contribution in [0.3, 0.4) is 0 Å². The van der Waals surface area contributed by atoms with Gasteiger partial charge >= 0.3 is 0 Å². The Morgan fingerprint density at radius 3 is 2.53 bits per heavy atom. The van der Waals surface area contributed by atoms with E-state index in [1.807, 2.05) is 24.3 Å². The number of aliphatic hydroxyl groups excluding tert-OH is 1. The maximum absolute atomic E-state index is 8.60. The van der Waals surface area contributed by atoms with Crippen molar-refractivity contribution in [3.63, 3.8) is 0 Å². The lowest BCUT2D eigenvalue weighted by atomic mass is 10.2. The van der Waals surface area contributed by atoms with Gasteiger partial charge in [0, 0.05) is 11.7 Å². The highest BCUT2D eigenvalue weighted by atomic mass is 16.5. The smallest absolute Gasteiger partial charge is 0.119 e. The van der Waals surface area contributed by atoms with Crippen molar-refractivity contribution in [1.82, 2.24) is 0 Å². The van der Waals surface area contributed by atoms with Crippen molar-refractivity contribution in [1.29, 1.82) is 0 Å². The third kappa shape index (κ3) is 4.21. The van der Waals surface area contributed by atoms with Crippen molar-refractivity contribution in [3.05, 3.63) is 24.3 Å². The van der Waals surface area contributed by atoms with Gasteiger partial charge in [-0.2, -0.15) is 0 Å². The third-order valence-corrected chi connectivity index (χ3v) is 2.24. The molecule has 0 aliphatic heterocycles. The Morgan fingerprint density at radius 1 is 1.33 bits per heavy atom. The minimum Gasteiger partial charge on any atom is -0.491 e. The van der Waals surface area contributed by atoms with E-state index in [0.717, 1.165) is 17.9 Å². The molecule has 15 heavy (non-hydrogen) atoms. The molecule has 0 amide bonds. The molecule has 0 radical (unpaired) electrons. The first-order valence-corrected chi connectivity index (χ1v) is 5.36. The van der Waals surface area contributed by atoms with Gasteiger partial charge in [0.25, 0.3) is 0 Å². The fraction of sp³-hybridized carbons (Fsp3) is 0.500. The molecule has 1 aromatic carbocycles. The van der Waals surface area contributed by atoms with Crippen LogP contribution in [0.2, 0.25) is 0 Å². The molecule has 0 aliphatic rings. The summed E-state index contributed by atoms with van der Waals surface area (Å²) < 4.78 is 5.26. The number of aliphatic hydroxyl groups is 1. The van der Waals surface area contributed by atoms with Crippen molar-refractivity contribution in [3.8, 4) is 5.75 Å². The average Bonchev–Trinajstić information content (AvgIpc) is 2.28. The summed E-state index contributed by atoms with van der Waals surface area (Å²) in [4.78, 5) is 0. The summed E-state index contributed by atoms with van der Waals surface area (Å²) in [5.74, 6) is 0.791. The molecule has 0 saturated heterocycles. The molecule has 0 aliphatic carbocycles. The van der Waals surface area contributed by atoms with Gasteiger partial charge in [-0.15, -0.1) is 0 Å². The van der Waals surface area contributed by atoms with E-state index in [4.69, 9.17) is 9.84 Å². The molecule has 3 nitrogen and oxygen atoms in total. The van der Waals surface area contributed by atoms with Gasteiger partial charge in [0.2, 0.25) is 0 Å². The van der Waals surface area contributed by atoms with Crippen LogP contribution in [0.15, 0.2) is 24.3 Å². The van der Waals surface area contributed by atoms with Crippen LogP contribution in [-0.4, -0.2) is 24.4 Å². The molecule has 84 valence electrons. The SMILES string of the molecule is CCC(C)Nc1ccc(OCCO)cc1. The van der Waals surface area contributed by atoms with E-state index in [9.17, 15) is 0 Å². The van der Waals surface area contributed by atoms with E-state index in [-0.39, 0.29) is 6.61 Å². The minimum atomic E-state index is 0.0485. The number of nitrogens with one attached hydrogen (secondary N) is 1. The second-order valence-corrected chi connectivity index (χ2v) is 3.55. The number of hydrogen-bond donors (Lipinski definition) is 2. The van der Waals surface area contributed by atoms with Crippen LogP contribution in [0.25, 0.3) is 0 Å². The molecule has 3 heteroatoms. The van der Waals surface area contributed by atoms with E-state index in [2.05, 4.69) is 19.2 Å². The Kier molecular flexibility index (Phi) is 4.98. The average molecular weight is 209 g/mol. The largest absolute Gasteiger partial charge is 0.491 e. The van der Waals surface area contributed by atoms with Crippen molar-refractivity contribution in [2.24, 2.45) is 0 Å². The first-order chi connectivity index (χ1) is 7.26. The highest BCUT2D eigenvalue weighted by molar-refractivity contribution is 5.46. The van der Waals surface area contributed by atoms with Crippen LogP contribution < -0.4 is 10.1 Å². The summed E-state index contributed by atoms with van der Waals surface area (Å²) in [5.41, 5.74) is 1.10. The summed E-state index contributed by atoms with van der Waals surface area (Å²) in [5, 5.41) is 12.0. The summed E-state index contributed by atoms with van der Waals surface area (Å²) >= 11 is 0. The Morgan fingerprint density at radius 2 is 2.00 bits per heavy atom. The molecule has 0 saturated carbocycles. The predicted molar refractivity (Wildman–Crippen MR) is 62.4 cm³/mol. The second-order valence-electron chi connectivity index (χ2n) is 3.55. The highest BCUT2D eigenvalue weighted by Crippen LogP contribution is 2.16. The molecule has 1 atom stereocenters. The summed E-state index contributed by atoms with van der Waals surface area (Å²) in [6.07, 6.45) is 1.10. The first-order valence-electron chi connectivity index (χ1n) is 5.36. The van der Waals surface area contributed by atoms with E-state index in [1.54, 1.807) is 0 Å². The molecule has 1 aromatic rings. The van der Waals surface area contributed by atoms with Crippen LogP contribution in [0.4, 0.5) is 5.69 Å². The lowest BCUT2D eigenvalue weighted by molar-refractivity contribution is 0.201. The highest BCUT2D eigenvalue weighted by Gasteiger charge is 1.98. The minimum absolute atomic E-state index is 0.0485. The first kappa shape index (κ1) is 11.9. The quantitative estimate of drug-likeness (QED) is 0.755. The van der Waals surface area contributed by atoms with Crippen molar-refractivity contribution in [2.75, 3.05) is 18.5 Å². The van der Waals surface area contributed by atoms with Gasteiger partial charge in [-0.05, 0) is 37.6 Å². The van der Waals surface area contributed by atoms with Crippen LogP contribution >= 0.6 is 0 Å². The second kappa shape index (κ2) is 6.30. The monoisotopic (exact) mass is 209 g/mol. The van der Waals surface area contributed by atoms with E-state index < -0.39 is 0 Å². The van der Waals surface area contributed by atoms with Crippen LogP contribution in [-0.2, 0) is 0 Å². The van der Waals surface area contributed by atoms with Crippen molar-refractivity contribution >= 4 is 5.69 Å². The zero-order valence-electron chi connectivity index (χ0n) is 9.36. The molecular formula is C12H19NO2. The van der Waals surface area contributed by atoms with Crippen LogP contribution in [0, 0.1) is 0 Å². The normalized spacial score (nSPS) is 12.2. The van der Waals surface area contributed by atoms with Crippen molar-refractivity contribution in [2.45, 2.75) is 26.3 Å². The van der Waals surface area contributed by atoms with Crippen LogP contribution in [0.1, 0.15) is 20.3 Å². The lowest BCUT2D eigenvalue weighted by Crippen LogP contribution is -2.13. The van der Waals surface area contributed by atoms with Gasteiger partial charge in [0.1, 0.15) is 12.4 Å². The summed E-state index contributed by atoms with van der Waals surface area (Å²) in [6.45, 7) is 4.69. The summed E-state index contributed by atoms with van der Waals surface area (Å²) in [7, 11) is 0. The van der Waals surface area contributed by atoms with E-state index in [0.29, 0.717) is 12.6 Å². The van der Waals surface area contributed by atoms with Gasteiger partial charge in [-0.25, -0.2) is 0 Å². The standard InChI is InChI=1S/C12H19NO2/c1-3-10(2)13-11-4-6-12(7-5-11)15-9-8-14/h4-7,10,13-14H,3,8-9H2,1-2H3.